The Morgan fingerprint density at radius 1 is 1.36 bits per heavy atom. The lowest BCUT2D eigenvalue weighted by molar-refractivity contribution is 0.0246. The van der Waals surface area contributed by atoms with Crippen molar-refractivity contribution in [1.29, 1.82) is 0 Å². The summed E-state index contributed by atoms with van der Waals surface area (Å²) in [4.78, 5) is 22.3. The maximum absolute atomic E-state index is 13.2. The van der Waals surface area contributed by atoms with Crippen molar-refractivity contribution < 1.29 is 4.79 Å². The summed E-state index contributed by atoms with van der Waals surface area (Å²) in [6, 6.07) is 5.25. The summed E-state index contributed by atoms with van der Waals surface area (Å²) in [5.41, 5.74) is 1.89. The van der Waals surface area contributed by atoms with E-state index in [0.29, 0.717) is 23.8 Å². The Balaban J connectivity index is 1.74. The second-order valence-electron chi connectivity index (χ2n) is 7.65. The number of piperidine rings is 1. The Kier molecular flexibility index (Phi) is 3.09. The van der Waals surface area contributed by atoms with Crippen molar-refractivity contribution >= 4 is 5.91 Å². The molecule has 4 atom stereocenters. The van der Waals surface area contributed by atoms with Gasteiger partial charge in [0.25, 0.3) is 5.91 Å². The first-order chi connectivity index (χ1) is 10.5. The number of pyridine rings is 1. The lowest BCUT2D eigenvalue weighted by atomic mass is 9.66. The molecule has 2 bridgehead atoms. The van der Waals surface area contributed by atoms with Crippen LogP contribution in [0, 0.1) is 12.3 Å². The molecule has 1 amide bonds. The Bertz CT molecular complexity index is 616. The summed E-state index contributed by atoms with van der Waals surface area (Å²) in [6.45, 7) is 5.40. The molecule has 0 radical (unpaired) electrons. The minimum Gasteiger partial charge on any atom is -0.329 e. The molecule has 4 nitrogen and oxygen atoms in total. The second-order valence-corrected chi connectivity index (χ2v) is 7.65. The zero-order valence-electron chi connectivity index (χ0n) is 13.7. The molecule has 3 fully saturated rings. The number of carbonyl (C=O) groups is 1. The molecule has 118 valence electrons. The molecule has 3 aliphatic rings. The minimum absolute atomic E-state index is 0.146. The van der Waals surface area contributed by atoms with Crippen LogP contribution in [0.3, 0.4) is 0 Å². The zero-order valence-corrected chi connectivity index (χ0v) is 13.7. The average Bonchev–Trinajstić information content (AvgIpc) is 2.77. The number of hydrogen-bond acceptors (Lipinski definition) is 3. The predicted octanol–water partition coefficient (Wildman–Crippen LogP) is 2.48. The van der Waals surface area contributed by atoms with Gasteiger partial charge in [0.1, 0.15) is 5.69 Å². The molecular formula is C18H25N3O. The number of fused-ring (bicyclic) bond motifs is 1. The summed E-state index contributed by atoms with van der Waals surface area (Å²) in [6.07, 6.45) is 6.55. The normalized spacial score (nSPS) is 37.4. The topological polar surface area (TPSA) is 36.4 Å². The fourth-order valence-corrected chi connectivity index (χ4v) is 5.45. The third kappa shape index (κ3) is 1.79. The summed E-state index contributed by atoms with van der Waals surface area (Å²) in [5.74, 6) is 0.146. The first kappa shape index (κ1) is 14.2. The largest absolute Gasteiger partial charge is 0.329 e. The number of aryl methyl sites for hydroxylation is 1. The van der Waals surface area contributed by atoms with E-state index in [9.17, 15) is 4.79 Å². The van der Waals surface area contributed by atoms with Crippen LogP contribution >= 0.6 is 0 Å². The van der Waals surface area contributed by atoms with Crippen LogP contribution in [0.15, 0.2) is 18.3 Å². The van der Waals surface area contributed by atoms with Gasteiger partial charge in [0.15, 0.2) is 0 Å². The number of aromatic nitrogens is 1. The van der Waals surface area contributed by atoms with E-state index in [-0.39, 0.29) is 11.3 Å². The maximum atomic E-state index is 13.2. The number of rotatable bonds is 1. The quantitative estimate of drug-likeness (QED) is 0.799. The van der Waals surface area contributed by atoms with Crippen LogP contribution in [0.4, 0.5) is 0 Å². The standard InChI is InChI=1S/C18H25N3O/c1-12-6-5-9-19-16(12)17(22)21-13-10-18(2)14(20(3)11-13)7-4-8-15(18)21/h5-6,9,13-15H,4,7-8,10-11H2,1-3H3/t13-,14+,15-,18+/m0/s1. The molecule has 0 N–H and O–H groups in total. The smallest absolute Gasteiger partial charge is 0.273 e. The molecule has 1 saturated carbocycles. The highest BCUT2D eigenvalue weighted by Crippen LogP contribution is 2.54. The highest BCUT2D eigenvalue weighted by atomic mass is 16.2. The highest BCUT2D eigenvalue weighted by molar-refractivity contribution is 5.94. The highest BCUT2D eigenvalue weighted by Gasteiger charge is 2.60. The molecule has 3 heterocycles. The van der Waals surface area contributed by atoms with Gasteiger partial charge in [-0.1, -0.05) is 13.0 Å². The lowest BCUT2D eigenvalue weighted by Gasteiger charge is -2.48. The van der Waals surface area contributed by atoms with E-state index in [0.717, 1.165) is 24.9 Å². The Labute approximate surface area is 132 Å². The summed E-state index contributed by atoms with van der Waals surface area (Å²) in [7, 11) is 2.23. The molecule has 1 aromatic rings. The van der Waals surface area contributed by atoms with Gasteiger partial charge in [0, 0.05) is 36.3 Å². The van der Waals surface area contributed by atoms with E-state index in [4.69, 9.17) is 0 Å². The third-order valence-corrected chi connectivity index (χ3v) is 6.36. The van der Waals surface area contributed by atoms with Gasteiger partial charge in [-0.2, -0.15) is 0 Å². The summed E-state index contributed by atoms with van der Waals surface area (Å²) in [5, 5.41) is 0. The van der Waals surface area contributed by atoms with Crippen molar-refractivity contribution in [1.82, 2.24) is 14.8 Å². The molecule has 2 saturated heterocycles. The van der Waals surface area contributed by atoms with Crippen LogP contribution in [0.5, 0.6) is 0 Å². The fraction of sp³-hybridized carbons (Fsp3) is 0.667. The SMILES string of the molecule is Cc1cccnc1C(=O)N1[C@@H]2CN(C)[C@@H]3CCC[C@H]1[C@]3(C)C2. The maximum Gasteiger partial charge on any atom is 0.273 e. The van der Waals surface area contributed by atoms with Gasteiger partial charge < -0.3 is 9.80 Å². The Morgan fingerprint density at radius 3 is 2.91 bits per heavy atom. The van der Waals surface area contributed by atoms with Gasteiger partial charge >= 0.3 is 0 Å². The first-order valence-electron chi connectivity index (χ1n) is 8.47. The summed E-state index contributed by atoms with van der Waals surface area (Å²) >= 11 is 0. The van der Waals surface area contributed by atoms with Crippen LogP contribution in [-0.4, -0.2) is 52.4 Å². The number of nitrogens with zero attached hydrogens (tertiary/aromatic N) is 3. The van der Waals surface area contributed by atoms with Crippen LogP contribution in [0.2, 0.25) is 0 Å². The van der Waals surface area contributed by atoms with Crippen molar-refractivity contribution in [2.24, 2.45) is 5.41 Å². The number of carbonyl (C=O) groups excluding carboxylic acids is 1. The van der Waals surface area contributed by atoms with Gasteiger partial charge in [-0.15, -0.1) is 0 Å². The monoisotopic (exact) mass is 299 g/mol. The van der Waals surface area contributed by atoms with E-state index in [1.165, 1.54) is 12.8 Å². The first-order valence-corrected chi connectivity index (χ1v) is 8.47. The number of hydrogen-bond donors (Lipinski definition) is 0. The molecule has 0 spiro atoms. The van der Waals surface area contributed by atoms with Crippen molar-refractivity contribution in [3.05, 3.63) is 29.6 Å². The van der Waals surface area contributed by atoms with Gasteiger partial charge in [-0.3, -0.25) is 9.78 Å². The molecule has 4 heteroatoms. The van der Waals surface area contributed by atoms with Gasteiger partial charge in [-0.05, 0) is 51.3 Å². The van der Waals surface area contributed by atoms with Crippen molar-refractivity contribution in [2.75, 3.05) is 13.6 Å². The van der Waals surface area contributed by atoms with Crippen LogP contribution in [0.25, 0.3) is 0 Å². The van der Waals surface area contributed by atoms with E-state index >= 15 is 0 Å². The van der Waals surface area contributed by atoms with Crippen molar-refractivity contribution in [3.8, 4) is 0 Å². The number of likely N-dealkylation sites (N-methyl/N-ethyl adjacent to an activating group) is 1. The molecule has 4 rings (SSSR count). The number of amides is 1. The van der Waals surface area contributed by atoms with Gasteiger partial charge in [0.05, 0.1) is 0 Å². The zero-order chi connectivity index (χ0) is 15.5. The Morgan fingerprint density at radius 2 is 2.14 bits per heavy atom. The molecule has 22 heavy (non-hydrogen) atoms. The molecule has 1 aliphatic carbocycles. The third-order valence-electron chi connectivity index (χ3n) is 6.36. The molecule has 2 aliphatic heterocycles. The Hall–Kier alpha value is -1.42. The average molecular weight is 299 g/mol. The van der Waals surface area contributed by atoms with Crippen LogP contribution < -0.4 is 0 Å². The number of likely N-dealkylation sites (tertiary alicyclic amines) is 2. The van der Waals surface area contributed by atoms with Crippen LogP contribution in [-0.2, 0) is 0 Å². The molecule has 1 aromatic heterocycles. The van der Waals surface area contributed by atoms with Gasteiger partial charge in [0.2, 0.25) is 0 Å². The van der Waals surface area contributed by atoms with Crippen molar-refractivity contribution in [3.63, 3.8) is 0 Å². The minimum atomic E-state index is 0.146. The lowest BCUT2D eigenvalue weighted by Crippen LogP contribution is -2.54. The molecule has 0 unspecified atom stereocenters. The van der Waals surface area contributed by atoms with Crippen molar-refractivity contribution in [2.45, 2.75) is 57.7 Å². The molecular weight excluding hydrogens is 274 g/mol. The van der Waals surface area contributed by atoms with E-state index < -0.39 is 0 Å². The fourth-order valence-electron chi connectivity index (χ4n) is 5.45. The van der Waals surface area contributed by atoms with E-state index in [1.54, 1.807) is 6.20 Å². The van der Waals surface area contributed by atoms with E-state index in [1.807, 2.05) is 19.1 Å². The van der Waals surface area contributed by atoms with Gasteiger partial charge in [-0.25, -0.2) is 0 Å². The van der Waals surface area contributed by atoms with E-state index in [2.05, 4.69) is 28.8 Å². The summed E-state index contributed by atoms with van der Waals surface area (Å²) < 4.78 is 0. The molecule has 0 aromatic carbocycles. The van der Waals surface area contributed by atoms with Crippen LogP contribution in [0.1, 0.15) is 48.7 Å². The predicted molar refractivity (Wildman–Crippen MR) is 85.7 cm³/mol. The second kappa shape index (κ2) is 4.79.